The number of hydrogen-bond donors (Lipinski definition) is 2. The molecule has 1 heterocycles. The van der Waals surface area contributed by atoms with Crippen LogP contribution in [0.1, 0.15) is 6.42 Å². The van der Waals surface area contributed by atoms with Crippen molar-refractivity contribution in [3.05, 3.63) is 18.2 Å². The van der Waals surface area contributed by atoms with E-state index in [1.807, 2.05) is 11.9 Å². The number of hydrogen-bond acceptors (Lipinski definition) is 5. The first-order valence-corrected chi connectivity index (χ1v) is 7.17. The maximum Gasteiger partial charge on any atom is 0.238 e. The van der Waals surface area contributed by atoms with Gasteiger partial charge in [0.1, 0.15) is 0 Å². The number of rotatable bonds is 3. The maximum absolute atomic E-state index is 11.3. The number of likely N-dealkylation sites (N-methyl/N-ethyl adjacent to an activating group) is 1. The van der Waals surface area contributed by atoms with Crippen LogP contribution in [0.3, 0.4) is 0 Å². The molecule has 2 rings (SSSR count). The normalized spacial score (nSPS) is 20.0. The molecule has 0 aromatic heterocycles. The predicted molar refractivity (Wildman–Crippen MR) is 69.9 cm³/mol. The van der Waals surface area contributed by atoms with Gasteiger partial charge in [0.2, 0.25) is 10.0 Å². The first-order valence-electron chi connectivity index (χ1n) is 5.62. The van der Waals surface area contributed by atoms with Crippen LogP contribution in [0.25, 0.3) is 0 Å². The highest BCUT2D eigenvalue weighted by Crippen LogP contribution is 2.28. The standard InChI is InChI=1S/C11H17N3O3S/c1-14(8-4-5-17-7-8)11-6-9(18(13,15)16)2-3-10(11)12/h2-3,6,8H,4-5,7,12H2,1H3,(H2,13,15,16). The first-order chi connectivity index (χ1) is 8.39. The third kappa shape index (κ3) is 2.58. The molecule has 4 N–H and O–H groups in total. The van der Waals surface area contributed by atoms with Crippen LogP contribution in [-0.2, 0) is 14.8 Å². The summed E-state index contributed by atoms with van der Waals surface area (Å²) in [6.45, 7) is 1.33. The molecule has 6 nitrogen and oxygen atoms in total. The van der Waals surface area contributed by atoms with Crippen molar-refractivity contribution < 1.29 is 13.2 Å². The molecule has 1 fully saturated rings. The topological polar surface area (TPSA) is 98.7 Å². The molecule has 1 aromatic carbocycles. The second-order valence-corrected chi connectivity index (χ2v) is 5.96. The molecule has 1 aromatic rings. The third-order valence-corrected chi connectivity index (χ3v) is 4.07. The van der Waals surface area contributed by atoms with E-state index in [1.54, 1.807) is 6.07 Å². The molecule has 0 radical (unpaired) electrons. The lowest BCUT2D eigenvalue weighted by atomic mass is 10.2. The minimum Gasteiger partial charge on any atom is -0.397 e. The van der Waals surface area contributed by atoms with E-state index in [0.717, 1.165) is 6.42 Å². The maximum atomic E-state index is 11.3. The van der Waals surface area contributed by atoms with Crippen molar-refractivity contribution in [2.75, 3.05) is 30.9 Å². The molecule has 0 saturated carbocycles. The number of nitrogens with zero attached hydrogens (tertiary/aromatic N) is 1. The van der Waals surface area contributed by atoms with Crippen molar-refractivity contribution in [1.29, 1.82) is 0 Å². The molecule has 7 heteroatoms. The Labute approximate surface area is 107 Å². The van der Waals surface area contributed by atoms with Gasteiger partial charge in [-0.2, -0.15) is 0 Å². The molecule has 1 unspecified atom stereocenters. The van der Waals surface area contributed by atoms with Gasteiger partial charge in [-0.3, -0.25) is 0 Å². The summed E-state index contributed by atoms with van der Waals surface area (Å²) in [7, 11) is -1.84. The van der Waals surface area contributed by atoms with Crippen LogP contribution in [0, 0.1) is 0 Å². The van der Waals surface area contributed by atoms with Gasteiger partial charge < -0.3 is 15.4 Å². The third-order valence-electron chi connectivity index (χ3n) is 3.16. The molecule has 0 aliphatic carbocycles. The van der Waals surface area contributed by atoms with Gasteiger partial charge in [-0.25, -0.2) is 13.6 Å². The van der Waals surface area contributed by atoms with Crippen LogP contribution in [0.4, 0.5) is 11.4 Å². The van der Waals surface area contributed by atoms with Gasteiger partial charge in [0.15, 0.2) is 0 Å². The summed E-state index contributed by atoms with van der Waals surface area (Å²) < 4.78 is 28.0. The molecule has 18 heavy (non-hydrogen) atoms. The van der Waals surface area contributed by atoms with Crippen molar-refractivity contribution in [2.45, 2.75) is 17.4 Å². The van der Waals surface area contributed by atoms with E-state index in [2.05, 4.69) is 0 Å². The number of primary sulfonamides is 1. The Balaban J connectivity index is 2.37. The second kappa shape index (κ2) is 4.75. The Morgan fingerprint density at radius 1 is 1.44 bits per heavy atom. The monoisotopic (exact) mass is 271 g/mol. The lowest BCUT2D eigenvalue weighted by Gasteiger charge is -2.27. The van der Waals surface area contributed by atoms with Gasteiger partial charge in [0, 0.05) is 13.7 Å². The summed E-state index contributed by atoms with van der Waals surface area (Å²) >= 11 is 0. The second-order valence-electron chi connectivity index (χ2n) is 4.39. The highest BCUT2D eigenvalue weighted by Gasteiger charge is 2.23. The van der Waals surface area contributed by atoms with Crippen molar-refractivity contribution in [3.63, 3.8) is 0 Å². The molecule has 0 bridgehead atoms. The van der Waals surface area contributed by atoms with E-state index >= 15 is 0 Å². The summed E-state index contributed by atoms with van der Waals surface area (Å²) in [4.78, 5) is 2.01. The van der Waals surface area contributed by atoms with Crippen LogP contribution in [0.2, 0.25) is 0 Å². The molecule has 1 saturated heterocycles. The molecular formula is C11H17N3O3S. The number of benzene rings is 1. The van der Waals surface area contributed by atoms with Gasteiger partial charge >= 0.3 is 0 Å². The number of nitrogens with two attached hydrogens (primary N) is 2. The Kier molecular flexibility index (Phi) is 3.47. The van der Waals surface area contributed by atoms with Gasteiger partial charge in [0.25, 0.3) is 0 Å². The predicted octanol–water partition coefficient (Wildman–Crippen LogP) is 0.141. The largest absolute Gasteiger partial charge is 0.397 e. The van der Waals surface area contributed by atoms with Crippen LogP contribution in [0.5, 0.6) is 0 Å². The van der Waals surface area contributed by atoms with Crippen molar-refractivity contribution in [3.8, 4) is 0 Å². The Bertz CT molecular complexity index is 538. The fraction of sp³-hybridized carbons (Fsp3) is 0.455. The summed E-state index contributed by atoms with van der Waals surface area (Å²) in [5.74, 6) is 0. The van der Waals surface area contributed by atoms with E-state index in [-0.39, 0.29) is 10.9 Å². The van der Waals surface area contributed by atoms with Crippen LogP contribution < -0.4 is 15.8 Å². The lowest BCUT2D eigenvalue weighted by molar-refractivity contribution is 0.193. The van der Waals surface area contributed by atoms with Gasteiger partial charge in [-0.1, -0.05) is 0 Å². The van der Waals surface area contributed by atoms with Gasteiger partial charge in [-0.15, -0.1) is 0 Å². The average Bonchev–Trinajstić information content (AvgIpc) is 2.80. The molecule has 1 atom stereocenters. The first kappa shape index (κ1) is 13.1. The zero-order chi connectivity index (χ0) is 13.3. The van der Waals surface area contributed by atoms with Crippen LogP contribution in [-0.4, -0.2) is 34.7 Å². The SMILES string of the molecule is CN(c1cc(S(N)(=O)=O)ccc1N)C1CCOC1. The average molecular weight is 271 g/mol. The number of anilines is 2. The smallest absolute Gasteiger partial charge is 0.238 e. The summed E-state index contributed by atoms with van der Waals surface area (Å²) in [5.41, 5.74) is 7.07. The minimum atomic E-state index is -3.71. The van der Waals surface area contributed by atoms with Crippen LogP contribution >= 0.6 is 0 Å². The number of ether oxygens (including phenoxy) is 1. The Morgan fingerprint density at radius 3 is 2.72 bits per heavy atom. The zero-order valence-electron chi connectivity index (χ0n) is 10.2. The van der Waals surface area contributed by atoms with E-state index in [0.29, 0.717) is 24.6 Å². The zero-order valence-corrected chi connectivity index (χ0v) is 11.0. The molecule has 0 amide bonds. The lowest BCUT2D eigenvalue weighted by Crippen LogP contribution is -2.32. The fourth-order valence-electron chi connectivity index (χ4n) is 2.03. The quantitative estimate of drug-likeness (QED) is 0.762. The molecular weight excluding hydrogens is 254 g/mol. The molecule has 0 spiro atoms. The highest BCUT2D eigenvalue weighted by atomic mass is 32.2. The van der Waals surface area contributed by atoms with Crippen molar-refractivity contribution in [2.24, 2.45) is 5.14 Å². The molecule has 1 aliphatic heterocycles. The van der Waals surface area contributed by atoms with E-state index < -0.39 is 10.0 Å². The van der Waals surface area contributed by atoms with Gasteiger partial charge in [0.05, 0.1) is 28.9 Å². The minimum absolute atomic E-state index is 0.0671. The highest BCUT2D eigenvalue weighted by molar-refractivity contribution is 7.89. The van der Waals surface area contributed by atoms with E-state index in [1.165, 1.54) is 12.1 Å². The molecule has 1 aliphatic rings. The summed E-state index contributed by atoms with van der Waals surface area (Å²) in [6, 6.07) is 4.68. The van der Waals surface area contributed by atoms with E-state index in [4.69, 9.17) is 15.6 Å². The van der Waals surface area contributed by atoms with E-state index in [9.17, 15) is 8.42 Å². The van der Waals surface area contributed by atoms with Crippen molar-refractivity contribution >= 4 is 21.4 Å². The fourth-order valence-corrected chi connectivity index (χ4v) is 2.56. The number of nitrogen functional groups attached to an aromatic ring is 1. The molecule has 100 valence electrons. The Morgan fingerprint density at radius 2 is 2.17 bits per heavy atom. The summed E-state index contributed by atoms with van der Waals surface area (Å²) in [6.07, 6.45) is 0.898. The number of sulfonamides is 1. The summed E-state index contributed by atoms with van der Waals surface area (Å²) in [5, 5.41) is 5.12. The van der Waals surface area contributed by atoms with Gasteiger partial charge in [-0.05, 0) is 24.6 Å². The van der Waals surface area contributed by atoms with Crippen molar-refractivity contribution in [1.82, 2.24) is 0 Å². The van der Waals surface area contributed by atoms with Crippen LogP contribution in [0.15, 0.2) is 23.1 Å². The Hall–Kier alpha value is -1.31.